The van der Waals surface area contributed by atoms with E-state index < -0.39 is 46.1 Å². The zero-order chi connectivity index (χ0) is 14.8. The van der Waals surface area contributed by atoms with Gasteiger partial charge in [-0.3, -0.25) is 14.9 Å². The molecule has 0 aromatic heterocycles. The first-order valence-corrected chi connectivity index (χ1v) is 4.81. The predicted octanol–water partition coefficient (Wildman–Crippen LogP) is 2.25. The predicted molar refractivity (Wildman–Crippen MR) is 56.0 cm³/mol. The van der Waals surface area contributed by atoms with Gasteiger partial charge in [0, 0.05) is 6.07 Å². The Balaban J connectivity index is 3.53. The molecule has 0 heterocycles. The first-order chi connectivity index (χ1) is 8.66. The van der Waals surface area contributed by atoms with Crippen molar-refractivity contribution < 1.29 is 32.7 Å². The molecule has 1 N–H and O–H groups in total. The van der Waals surface area contributed by atoms with Crippen LogP contribution in [0.5, 0.6) is 5.75 Å². The molecule has 0 spiro atoms. The van der Waals surface area contributed by atoms with Crippen molar-refractivity contribution in [3.05, 3.63) is 33.4 Å². The van der Waals surface area contributed by atoms with Gasteiger partial charge in [-0.05, 0) is 6.07 Å². The smallest absolute Gasteiger partial charge is 0.416 e. The van der Waals surface area contributed by atoms with Crippen LogP contribution in [-0.4, -0.2) is 23.1 Å². The van der Waals surface area contributed by atoms with Crippen LogP contribution in [0, 0.1) is 10.1 Å². The number of methoxy groups -OCH3 is 1. The maximum absolute atomic E-state index is 12.5. The van der Waals surface area contributed by atoms with Crippen molar-refractivity contribution in [2.24, 2.45) is 0 Å². The van der Waals surface area contributed by atoms with E-state index in [0.29, 0.717) is 12.1 Å². The molecule has 0 radical (unpaired) electrons. The number of hydrogen-bond donors (Lipinski definition) is 1. The minimum atomic E-state index is -4.79. The number of carboxylic acids is 1. The molecule has 0 aliphatic heterocycles. The van der Waals surface area contributed by atoms with Gasteiger partial charge in [-0.2, -0.15) is 13.2 Å². The van der Waals surface area contributed by atoms with Gasteiger partial charge in [-0.15, -0.1) is 0 Å². The molecule has 1 aromatic rings. The number of rotatable bonds is 4. The van der Waals surface area contributed by atoms with Crippen molar-refractivity contribution in [3.63, 3.8) is 0 Å². The first-order valence-electron chi connectivity index (χ1n) is 4.81. The number of nitrogens with zero attached hydrogens (tertiary/aromatic N) is 1. The second kappa shape index (κ2) is 5.12. The van der Waals surface area contributed by atoms with Gasteiger partial charge in [0.2, 0.25) is 0 Å². The van der Waals surface area contributed by atoms with E-state index in [9.17, 15) is 28.1 Å². The molecule has 104 valence electrons. The van der Waals surface area contributed by atoms with E-state index in [1.807, 2.05) is 0 Å². The average molecular weight is 279 g/mol. The summed E-state index contributed by atoms with van der Waals surface area (Å²) < 4.78 is 42.2. The molecule has 6 nitrogen and oxygen atoms in total. The summed E-state index contributed by atoms with van der Waals surface area (Å²) in [5, 5.41) is 19.4. The molecule has 0 bridgehead atoms. The standard InChI is InChI=1S/C10H8F3NO5/c1-19-8-3-5(10(11,12)13)2-7(14(17)18)6(8)4-9(15)16/h2-3H,4H2,1H3,(H,15,16). The lowest BCUT2D eigenvalue weighted by Gasteiger charge is -2.12. The highest BCUT2D eigenvalue weighted by molar-refractivity contribution is 5.74. The fourth-order valence-electron chi connectivity index (χ4n) is 1.47. The molecule has 0 saturated heterocycles. The highest BCUT2D eigenvalue weighted by Crippen LogP contribution is 2.38. The molecule has 0 fully saturated rings. The number of ether oxygens (including phenoxy) is 1. The van der Waals surface area contributed by atoms with Crippen LogP contribution in [0.3, 0.4) is 0 Å². The van der Waals surface area contributed by atoms with Gasteiger partial charge in [-0.25, -0.2) is 0 Å². The number of carboxylic acid groups (broad SMARTS) is 1. The minimum absolute atomic E-state index is 0.292. The molecule has 1 aromatic carbocycles. The normalized spacial score (nSPS) is 11.2. The topological polar surface area (TPSA) is 89.7 Å². The van der Waals surface area contributed by atoms with Crippen LogP contribution in [0.1, 0.15) is 11.1 Å². The molecule has 0 unspecified atom stereocenters. The van der Waals surface area contributed by atoms with E-state index in [1.165, 1.54) is 0 Å². The molecule has 0 aliphatic rings. The minimum Gasteiger partial charge on any atom is -0.496 e. The van der Waals surface area contributed by atoms with Gasteiger partial charge in [-0.1, -0.05) is 0 Å². The van der Waals surface area contributed by atoms with Crippen LogP contribution in [0.4, 0.5) is 18.9 Å². The summed E-state index contributed by atoms with van der Waals surface area (Å²) in [5.41, 5.74) is -2.62. The highest BCUT2D eigenvalue weighted by atomic mass is 19.4. The first kappa shape index (κ1) is 14.7. The van der Waals surface area contributed by atoms with E-state index >= 15 is 0 Å². The van der Waals surface area contributed by atoms with Crippen molar-refractivity contribution in [1.29, 1.82) is 0 Å². The van der Waals surface area contributed by atoms with Crippen molar-refractivity contribution in [2.45, 2.75) is 12.6 Å². The number of nitro benzene ring substituents is 1. The lowest BCUT2D eigenvalue weighted by atomic mass is 10.0. The van der Waals surface area contributed by atoms with Crippen LogP contribution in [-0.2, 0) is 17.4 Å². The summed E-state index contributed by atoms with van der Waals surface area (Å²) in [6, 6.07) is 0.825. The van der Waals surface area contributed by atoms with Gasteiger partial charge in [0.25, 0.3) is 5.69 Å². The monoisotopic (exact) mass is 279 g/mol. The average Bonchev–Trinajstić information content (AvgIpc) is 2.26. The molecule has 0 saturated carbocycles. The Kier molecular flexibility index (Phi) is 3.98. The Morgan fingerprint density at radius 3 is 2.42 bits per heavy atom. The van der Waals surface area contributed by atoms with Crippen LogP contribution in [0.2, 0.25) is 0 Å². The third-order valence-corrected chi connectivity index (χ3v) is 2.26. The number of halogens is 3. The zero-order valence-electron chi connectivity index (χ0n) is 9.52. The molecule has 9 heteroatoms. The zero-order valence-corrected chi connectivity index (χ0v) is 9.52. The van der Waals surface area contributed by atoms with Crippen LogP contribution >= 0.6 is 0 Å². The van der Waals surface area contributed by atoms with Gasteiger partial charge in [0.15, 0.2) is 0 Å². The third kappa shape index (κ3) is 3.33. The van der Waals surface area contributed by atoms with Crippen molar-refractivity contribution in [2.75, 3.05) is 7.11 Å². The second-order valence-electron chi connectivity index (χ2n) is 3.50. The second-order valence-corrected chi connectivity index (χ2v) is 3.50. The highest BCUT2D eigenvalue weighted by Gasteiger charge is 2.35. The molecule has 19 heavy (non-hydrogen) atoms. The number of hydrogen-bond acceptors (Lipinski definition) is 4. The molecule has 0 amide bonds. The molecular formula is C10H8F3NO5. The number of aliphatic carboxylic acids is 1. The lowest BCUT2D eigenvalue weighted by molar-refractivity contribution is -0.385. The summed E-state index contributed by atoms with van der Waals surface area (Å²) in [5.74, 6) is -1.90. The van der Waals surface area contributed by atoms with Gasteiger partial charge >= 0.3 is 12.1 Å². The van der Waals surface area contributed by atoms with E-state index in [4.69, 9.17) is 5.11 Å². The van der Waals surface area contributed by atoms with Crippen LogP contribution in [0.15, 0.2) is 12.1 Å². The van der Waals surface area contributed by atoms with Crippen LogP contribution in [0.25, 0.3) is 0 Å². The maximum Gasteiger partial charge on any atom is 0.416 e. The number of nitro groups is 1. The Morgan fingerprint density at radius 2 is 2.05 bits per heavy atom. The third-order valence-electron chi connectivity index (χ3n) is 2.26. The number of benzene rings is 1. The fourth-order valence-corrected chi connectivity index (χ4v) is 1.47. The lowest BCUT2D eigenvalue weighted by Crippen LogP contribution is -2.11. The number of carbonyl (C=O) groups is 1. The SMILES string of the molecule is COc1cc(C(F)(F)F)cc([N+](=O)[O-])c1CC(=O)O. The molecular weight excluding hydrogens is 271 g/mol. The largest absolute Gasteiger partial charge is 0.496 e. The van der Waals surface area contributed by atoms with Gasteiger partial charge in [0.1, 0.15) is 5.75 Å². The summed E-state index contributed by atoms with van der Waals surface area (Å²) in [6.07, 6.45) is -5.60. The summed E-state index contributed by atoms with van der Waals surface area (Å²) in [4.78, 5) is 20.3. The summed E-state index contributed by atoms with van der Waals surface area (Å²) in [6.45, 7) is 0. The maximum atomic E-state index is 12.5. The Morgan fingerprint density at radius 1 is 1.47 bits per heavy atom. The van der Waals surface area contributed by atoms with Crippen molar-refractivity contribution in [3.8, 4) is 5.75 Å². The molecule has 1 rings (SSSR count). The Labute approximate surface area is 104 Å². The fraction of sp³-hybridized carbons (Fsp3) is 0.300. The van der Waals surface area contributed by atoms with E-state index in [-0.39, 0.29) is 0 Å². The van der Waals surface area contributed by atoms with Crippen molar-refractivity contribution in [1.82, 2.24) is 0 Å². The number of alkyl halides is 3. The van der Waals surface area contributed by atoms with Gasteiger partial charge in [0.05, 0.1) is 29.6 Å². The van der Waals surface area contributed by atoms with E-state index in [1.54, 1.807) is 0 Å². The quantitative estimate of drug-likeness (QED) is 0.674. The van der Waals surface area contributed by atoms with E-state index in [2.05, 4.69) is 4.74 Å². The van der Waals surface area contributed by atoms with Crippen molar-refractivity contribution >= 4 is 11.7 Å². The van der Waals surface area contributed by atoms with Gasteiger partial charge < -0.3 is 9.84 Å². The van der Waals surface area contributed by atoms with E-state index in [0.717, 1.165) is 7.11 Å². The summed E-state index contributed by atoms with van der Waals surface area (Å²) in [7, 11) is 1.00. The van der Waals surface area contributed by atoms with Crippen LogP contribution < -0.4 is 4.74 Å². The summed E-state index contributed by atoms with van der Waals surface area (Å²) >= 11 is 0. The molecule has 0 atom stereocenters. The molecule has 0 aliphatic carbocycles. The Hall–Kier alpha value is -2.32. The Bertz CT molecular complexity index is 527.